The lowest BCUT2D eigenvalue weighted by Crippen LogP contribution is -2.05. The second kappa shape index (κ2) is 7.75. The largest absolute Gasteiger partial charge is 0.457 e. The molecule has 0 amide bonds. The molecule has 0 fully saturated rings. The van der Waals surface area contributed by atoms with Crippen LogP contribution in [-0.4, -0.2) is 11.9 Å². The number of nitrogens with zero attached hydrogens (tertiary/aromatic N) is 1. The van der Waals surface area contributed by atoms with Gasteiger partial charge in [0.05, 0.1) is 5.56 Å². The third-order valence-electron chi connectivity index (χ3n) is 4.42. The van der Waals surface area contributed by atoms with Crippen LogP contribution in [0.1, 0.15) is 22.5 Å². The summed E-state index contributed by atoms with van der Waals surface area (Å²) in [6.45, 7) is 1.97. The van der Waals surface area contributed by atoms with Gasteiger partial charge in [0.25, 0.3) is 0 Å². The number of hydrogen-bond donors (Lipinski definition) is 0. The molecule has 1 aliphatic rings. The summed E-state index contributed by atoms with van der Waals surface area (Å²) in [5.41, 5.74) is 1.33. The quantitative estimate of drug-likeness (QED) is 0.233. The van der Waals surface area contributed by atoms with Crippen LogP contribution < -0.4 is 0 Å². The first-order chi connectivity index (χ1) is 14.2. The second-order valence-corrected chi connectivity index (χ2v) is 7.74. The average molecular weight is 523 g/mol. The molecule has 2 heterocycles. The van der Waals surface area contributed by atoms with Gasteiger partial charge in [0.2, 0.25) is 5.90 Å². The van der Waals surface area contributed by atoms with Crippen LogP contribution in [0, 0.1) is 10.5 Å². The fourth-order valence-corrected chi connectivity index (χ4v) is 3.34. The Morgan fingerprint density at radius 3 is 2.57 bits per heavy atom. The van der Waals surface area contributed by atoms with Gasteiger partial charge in [-0.1, -0.05) is 18.2 Å². The van der Waals surface area contributed by atoms with Crippen LogP contribution in [0.5, 0.6) is 0 Å². The number of aryl methyl sites for hydroxylation is 1. The molecule has 4 nitrogen and oxygen atoms in total. The lowest BCUT2D eigenvalue weighted by molar-refractivity contribution is -0.137. The zero-order valence-corrected chi connectivity index (χ0v) is 17.6. The third-order valence-corrected chi connectivity index (χ3v) is 5.58. The molecule has 3 aromatic rings. The number of halogens is 4. The van der Waals surface area contributed by atoms with E-state index in [9.17, 15) is 18.0 Å². The van der Waals surface area contributed by atoms with Crippen molar-refractivity contribution in [2.75, 3.05) is 0 Å². The Bertz CT molecular complexity index is 1210. The number of alkyl halides is 3. The highest BCUT2D eigenvalue weighted by atomic mass is 127. The molecule has 30 heavy (non-hydrogen) atoms. The summed E-state index contributed by atoms with van der Waals surface area (Å²) >= 11 is 2.19. The summed E-state index contributed by atoms with van der Waals surface area (Å²) in [6, 6.07) is 13.5. The molecule has 1 aromatic heterocycles. The van der Waals surface area contributed by atoms with Gasteiger partial charge in [-0.3, -0.25) is 0 Å². The van der Waals surface area contributed by atoms with Crippen molar-refractivity contribution in [2.45, 2.75) is 13.1 Å². The van der Waals surface area contributed by atoms with Gasteiger partial charge < -0.3 is 9.15 Å². The summed E-state index contributed by atoms with van der Waals surface area (Å²) < 4.78 is 50.6. The molecule has 0 radical (unpaired) electrons. The number of ether oxygens (including phenoxy) is 1. The summed E-state index contributed by atoms with van der Waals surface area (Å²) in [4.78, 5) is 16.4. The van der Waals surface area contributed by atoms with Gasteiger partial charge in [-0.15, -0.1) is 0 Å². The molecule has 0 saturated carbocycles. The number of furan rings is 1. The molecule has 0 saturated heterocycles. The summed E-state index contributed by atoms with van der Waals surface area (Å²) in [7, 11) is 0. The highest BCUT2D eigenvalue weighted by Crippen LogP contribution is 2.33. The number of hydrogen-bond acceptors (Lipinski definition) is 4. The van der Waals surface area contributed by atoms with E-state index in [1.165, 1.54) is 24.3 Å². The maximum Gasteiger partial charge on any atom is 0.416 e. The molecule has 0 atom stereocenters. The Kier molecular flexibility index (Phi) is 5.27. The maximum atomic E-state index is 12.9. The van der Waals surface area contributed by atoms with E-state index in [1.807, 2.05) is 25.1 Å². The minimum absolute atomic E-state index is 0.0468. The van der Waals surface area contributed by atoms with E-state index in [-0.39, 0.29) is 28.7 Å². The molecule has 2 aromatic carbocycles. The molecular formula is C22H13F3INO3. The van der Waals surface area contributed by atoms with Gasteiger partial charge in [-0.2, -0.15) is 13.2 Å². The molecule has 4 rings (SSSR count). The zero-order valence-electron chi connectivity index (χ0n) is 15.5. The fraction of sp³-hybridized carbons (Fsp3) is 0.0909. The van der Waals surface area contributed by atoms with E-state index < -0.39 is 17.7 Å². The molecule has 1 aliphatic heterocycles. The number of cyclic esters (lactones) is 1. The molecule has 0 N–H and O–H groups in total. The Hall–Kier alpha value is -2.88. The van der Waals surface area contributed by atoms with Crippen molar-refractivity contribution in [3.63, 3.8) is 0 Å². The Morgan fingerprint density at radius 2 is 1.83 bits per heavy atom. The molecule has 0 unspecified atom stereocenters. The molecule has 152 valence electrons. The second-order valence-electron chi connectivity index (χ2n) is 6.58. The SMILES string of the molecule is Cc1ccc(C2=NC(=Cc3ccc(-c4cccc(C(F)(F)F)c4)o3)C(=O)O2)cc1I. The van der Waals surface area contributed by atoms with Gasteiger partial charge in [-0.25, -0.2) is 9.79 Å². The third kappa shape index (κ3) is 4.18. The number of esters is 1. The molecule has 0 spiro atoms. The van der Waals surface area contributed by atoms with Gasteiger partial charge in [0, 0.05) is 20.8 Å². The minimum atomic E-state index is -4.44. The van der Waals surface area contributed by atoms with E-state index in [2.05, 4.69) is 27.6 Å². The van der Waals surface area contributed by atoms with E-state index in [4.69, 9.17) is 9.15 Å². The maximum absolute atomic E-state index is 12.9. The van der Waals surface area contributed by atoms with Crippen LogP contribution in [0.3, 0.4) is 0 Å². The molecule has 8 heteroatoms. The standard InChI is InChI=1S/C22H13F3INO3/c1-12-5-6-14(10-17(12)26)20-27-18(21(28)30-20)11-16-7-8-19(29-16)13-3-2-4-15(9-13)22(23,24)25/h2-11H,1H3. The monoisotopic (exact) mass is 523 g/mol. The van der Waals surface area contributed by atoms with Crippen LogP contribution in [-0.2, 0) is 15.7 Å². The van der Waals surface area contributed by atoms with Crippen LogP contribution in [0.25, 0.3) is 17.4 Å². The summed E-state index contributed by atoms with van der Waals surface area (Å²) in [5.74, 6) is 0.0841. The van der Waals surface area contributed by atoms with Gasteiger partial charge in [0.1, 0.15) is 11.5 Å². The highest BCUT2D eigenvalue weighted by molar-refractivity contribution is 14.1. The lowest BCUT2D eigenvalue weighted by Gasteiger charge is -2.07. The first-order valence-corrected chi connectivity index (χ1v) is 9.85. The predicted molar refractivity (Wildman–Crippen MR) is 114 cm³/mol. The van der Waals surface area contributed by atoms with Crippen molar-refractivity contribution in [1.82, 2.24) is 0 Å². The molecular weight excluding hydrogens is 510 g/mol. The van der Waals surface area contributed by atoms with Crippen LogP contribution in [0.4, 0.5) is 13.2 Å². The van der Waals surface area contributed by atoms with E-state index in [0.29, 0.717) is 5.56 Å². The number of rotatable bonds is 3. The number of carbonyl (C=O) groups excluding carboxylic acids is 1. The summed E-state index contributed by atoms with van der Waals surface area (Å²) in [6.07, 6.45) is -3.05. The van der Waals surface area contributed by atoms with Gasteiger partial charge in [0.15, 0.2) is 5.70 Å². The number of benzene rings is 2. The first kappa shape index (κ1) is 20.4. The Balaban J connectivity index is 1.62. The van der Waals surface area contributed by atoms with Crippen LogP contribution >= 0.6 is 22.6 Å². The minimum Gasteiger partial charge on any atom is -0.457 e. The van der Waals surface area contributed by atoms with Crippen LogP contribution in [0.2, 0.25) is 0 Å². The predicted octanol–water partition coefficient (Wildman–Crippen LogP) is 6.22. The highest BCUT2D eigenvalue weighted by Gasteiger charge is 2.30. The topological polar surface area (TPSA) is 51.8 Å². The number of carbonyl (C=O) groups is 1. The first-order valence-electron chi connectivity index (χ1n) is 8.77. The van der Waals surface area contributed by atoms with E-state index in [1.54, 1.807) is 6.07 Å². The van der Waals surface area contributed by atoms with E-state index >= 15 is 0 Å². The van der Waals surface area contributed by atoms with Gasteiger partial charge in [-0.05, 0) is 71.5 Å². The van der Waals surface area contributed by atoms with Crippen molar-refractivity contribution in [3.05, 3.63) is 86.3 Å². The normalized spacial score (nSPS) is 15.4. The Labute approximate surface area is 183 Å². The molecule has 0 aliphatic carbocycles. The zero-order chi connectivity index (χ0) is 21.5. The average Bonchev–Trinajstić information content (AvgIpc) is 3.31. The smallest absolute Gasteiger partial charge is 0.416 e. The van der Waals surface area contributed by atoms with Gasteiger partial charge >= 0.3 is 12.1 Å². The molecule has 0 bridgehead atoms. The number of aliphatic imine (C=N–C) groups is 1. The Morgan fingerprint density at radius 1 is 1.03 bits per heavy atom. The van der Waals surface area contributed by atoms with Crippen molar-refractivity contribution in [1.29, 1.82) is 0 Å². The fourth-order valence-electron chi connectivity index (χ4n) is 2.83. The lowest BCUT2D eigenvalue weighted by atomic mass is 10.1. The van der Waals surface area contributed by atoms with Crippen molar-refractivity contribution < 1.29 is 27.1 Å². The summed E-state index contributed by atoms with van der Waals surface area (Å²) in [5, 5.41) is 0. The van der Waals surface area contributed by atoms with Crippen molar-refractivity contribution in [3.8, 4) is 11.3 Å². The van der Waals surface area contributed by atoms with Crippen molar-refractivity contribution in [2.24, 2.45) is 4.99 Å². The van der Waals surface area contributed by atoms with Crippen LogP contribution in [0.15, 0.2) is 69.7 Å². The van der Waals surface area contributed by atoms with E-state index in [0.717, 1.165) is 21.3 Å². The van der Waals surface area contributed by atoms with Crippen molar-refractivity contribution >= 4 is 40.5 Å².